The normalized spacial score (nSPS) is 11.7. The Balaban J connectivity index is 2.04. The van der Waals surface area contributed by atoms with Crippen LogP contribution < -0.4 is 10.5 Å². The maximum absolute atomic E-state index is 12.6. The van der Waals surface area contributed by atoms with Crippen LogP contribution in [0.15, 0.2) is 53.6 Å². The molecular formula is C23H28N4O4S. The van der Waals surface area contributed by atoms with Crippen LogP contribution in [0.1, 0.15) is 23.7 Å². The predicted octanol–water partition coefficient (Wildman–Crippen LogP) is 3.09. The van der Waals surface area contributed by atoms with Crippen LogP contribution in [0.4, 0.5) is 5.69 Å². The zero-order valence-corrected chi connectivity index (χ0v) is 19.3. The summed E-state index contributed by atoms with van der Waals surface area (Å²) in [4.78, 5) is 19.1. The number of hydrogen-bond acceptors (Lipinski definition) is 7. The Morgan fingerprint density at radius 2 is 1.81 bits per heavy atom. The second-order valence-electron chi connectivity index (χ2n) is 7.65. The number of pyridine rings is 1. The maximum atomic E-state index is 12.6. The molecule has 0 radical (unpaired) electrons. The van der Waals surface area contributed by atoms with Crippen molar-refractivity contribution in [2.45, 2.75) is 18.2 Å². The number of rotatable bonds is 9. The highest BCUT2D eigenvalue weighted by atomic mass is 32.2. The lowest BCUT2D eigenvalue weighted by molar-refractivity contribution is 0.0527. The summed E-state index contributed by atoms with van der Waals surface area (Å²) >= 11 is 0. The molecule has 0 aliphatic carbocycles. The van der Waals surface area contributed by atoms with Crippen molar-refractivity contribution < 1.29 is 17.9 Å². The fourth-order valence-electron chi connectivity index (χ4n) is 3.37. The number of sulfonamides is 1. The Kier molecular flexibility index (Phi) is 7.44. The first-order valence-corrected chi connectivity index (χ1v) is 11.9. The minimum Gasteiger partial charge on any atom is -0.462 e. The van der Waals surface area contributed by atoms with Gasteiger partial charge in [0.25, 0.3) is 0 Å². The second-order valence-corrected chi connectivity index (χ2v) is 9.21. The molecular weight excluding hydrogens is 428 g/mol. The van der Waals surface area contributed by atoms with E-state index in [-0.39, 0.29) is 11.5 Å². The summed E-state index contributed by atoms with van der Waals surface area (Å²) in [7, 11) is 0.269. The van der Waals surface area contributed by atoms with E-state index < -0.39 is 16.0 Å². The number of primary sulfonamides is 1. The van der Waals surface area contributed by atoms with E-state index in [9.17, 15) is 13.2 Å². The third-order valence-electron chi connectivity index (χ3n) is 4.96. The highest BCUT2D eigenvalue weighted by molar-refractivity contribution is 7.89. The van der Waals surface area contributed by atoms with Crippen molar-refractivity contribution >= 4 is 32.6 Å². The summed E-state index contributed by atoms with van der Waals surface area (Å²) in [6, 6.07) is 12.1. The summed E-state index contributed by atoms with van der Waals surface area (Å²) in [5.41, 5.74) is 3.47. The Morgan fingerprint density at radius 3 is 2.44 bits per heavy atom. The molecule has 0 atom stereocenters. The molecule has 3 rings (SSSR count). The molecule has 9 heteroatoms. The van der Waals surface area contributed by atoms with E-state index in [4.69, 9.17) is 9.88 Å². The van der Waals surface area contributed by atoms with Crippen molar-refractivity contribution in [1.29, 1.82) is 0 Å². The Morgan fingerprint density at radius 1 is 1.12 bits per heavy atom. The summed E-state index contributed by atoms with van der Waals surface area (Å²) in [6.45, 7) is 3.62. The van der Waals surface area contributed by atoms with Crippen LogP contribution in [0.2, 0.25) is 0 Å². The van der Waals surface area contributed by atoms with Crippen LogP contribution >= 0.6 is 0 Å². The number of benzene rings is 2. The number of nitrogens with one attached hydrogen (secondary N) is 1. The van der Waals surface area contributed by atoms with Gasteiger partial charge in [-0.25, -0.2) is 18.4 Å². The number of hydrogen-bond donors (Lipinski definition) is 2. The van der Waals surface area contributed by atoms with Crippen molar-refractivity contribution in [3.63, 3.8) is 0 Å². The van der Waals surface area contributed by atoms with Gasteiger partial charge in [-0.2, -0.15) is 0 Å². The predicted molar refractivity (Wildman–Crippen MR) is 126 cm³/mol. The topological polar surface area (TPSA) is 115 Å². The SMILES string of the molecule is CCOC(=O)c1cnc2ccc(-c3ccc(S(N)(=O)=O)cc3)cc2c1NCCCN(C)C. The molecule has 0 spiro atoms. The minimum atomic E-state index is -3.76. The molecule has 0 aliphatic heterocycles. The van der Waals surface area contributed by atoms with E-state index in [0.717, 1.165) is 35.0 Å². The van der Waals surface area contributed by atoms with Crippen LogP contribution in [-0.2, 0) is 14.8 Å². The van der Waals surface area contributed by atoms with Gasteiger partial charge in [-0.3, -0.25) is 4.98 Å². The average Bonchev–Trinajstić information content (AvgIpc) is 2.75. The zero-order chi connectivity index (χ0) is 23.3. The smallest absolute Gasteiger partial charge is 0.341 e. The maximum Gasteiger partial charge on any atom is 0.341 e. The Hall–Kier alpha value is -3.01. The molecule has 2 aromatic carbocycles. The van der Waals surface area contributed by atoms with E-state index >= 15 is 0 Å². The first-order valence-electron chi connectivity index (χ1n) is 10.3. The monoisotopic (exact) mass is 456 g/mol. The van der Waals surface area contributed by atoms with Crippen molar-refractivity contribution in [1.82, 2.24) is 9.88 Å². The Labute approximate surface area is 188 Å². The molecule has 0 unspecified atom stereocenters. The largest absolute Gasteiger partial charge is 0.462 e. The van der Waals surface area contributed by atoms with Crippen molar-refractivity contribution in [2.24, 2.45) is 5.14 Å². The van der Waals surface area contributed by atoms with E-state index in [1.54, 1.807) is 19.1 Å². The summed E-state index contributed by atoms with van der Waals surface area (Å²) in [5, 5.41) is 9.38. The lowest BCUT2D eigenvalue weighted by Crippen LogP contribution is -2.17. The van der Waals surface area contributed by atoms with Gasteiger partial charge in [0, 0.05) is 18.1 Å². The second kappa shape index (κ2) is 10.1. The molecule has 0 bridgehead atoms. The number of carbonyl (C=O) groups excluding carboxylic acids is 1. The number of esters is 1. The van der Waals surface area contributed by atoms with Gasteiger partial charge < -0.3 is 15.0 Å². The fraction of sp³-hybridized carbons (Fsp3) is 0.304. The fourth-order valence-corrected chi connectivity index (χ4v) is 3.89. The lowest BCUT2D eigenvalue weighted by Gasteiger charge is -2.16. The molecule has 3 N–H and O–H groups in total. The molecule has 0 saturated carbocycles. The van der Waals surface area contributed by atoms with Crippen LogP contribution in [0, 0.1) is 0 Å². The molecule has 32 heavy (non-hydrogen) atoms. The molecule has 0 amide bonds. The number of nitrogens with zero attached hydrogens (tertiary/aromatic N) is 2. The van der Waals surface area contributed by atoms with Gasteiger partial charge in [0.05, 0.1) is 22.7 Å². The number of aromatic nitrogens is 1. The highest BCUT2D eigenvalue weighted by Gasteiger charge is 2.17. The molecule has 0 fully saturated rings. The van der Waals surface area contributed by atoms with E-state index in [0.29, 0.717) is 17.8 Å². The van der Waals surface area contributed by atoms with Crippen LogP contribution in [0.5, 0.6) is 0 Å². The first-order chi connectivity index (χ1) is 15.2. The third kappa shape index (κ3) is 5.61. The van der Waals surface area contributed by atoms with Crippen molar-refractivity contribution in [2.75, 3.05) is 39.1 Å². The quantitative estimate of drug-likeness (QED) is 0.376. The van der Waals surface area contributed by atoms with Crippen LogP contribution in [0.3, 0.4) is 0 Å². The van der Waals surface area contributed by atoms with E-state index in [1.165, 1.54) is 18.3 Å². The van der Waals surface area contributed by atoms with Gasteiger partial charge >= 0.3 is 5.97 Å². The van der Waals surface area contributed by atoms with E-state index in [1.807, 2.05) is 32.3 Å². The molecule has 0 aliphatic rings. The van der Waals surface area contributed by atoms with Gasteiger partial charge in [0.1, 0.15) is 5.56 Å². The van der Waals surface area contributed by atoms with Gasteiger partial charge in [0.2, 0.25) is 10.0 Å². The Bertz CT molecular complexity index is 1210. The molecule has 170 valence electrons. The van der Waals surface area contributed by atoms with E-state index in [2.05, 4.69) is 15.2 Å². The van der Waals surface area contributed by atoms with Gasteiger partial charge in [-0.05, 0) is 69.4 Å². The number of fused-ring (bicyclic) bond motifs is 1. The third-order valence-corrected chi connectivity index (χ3v) is 5.89. The number of anilines is 1. The lowest BCUT2D eigenvalue weighted by atomic mass is 10.0. The van der Waals surface area contributed by atoms with Gasteiger partial charge in [-0.1, -0.05) is 18.2 Å². The number of ether oxygens (including phenoxy) is 1. The van der Waals surface area contributed by atoms with Crippen LogP contribution in [-0.4, -0.2) is 58.1 Å². The molecule has 3 aromatic rings. The van der Waals surface area contributed by atoms with Crippen molar-refractivity contribution in [3.8, 4) is 11.1 Å². The summed E-state index contributed by atoms with van der Waals surface area (Å²) < 4.78 is 28.3. The van der Waals surface area contributed by atoms with Gasteiger partial charge in [-0.15, -0.1) is 0 Å². The molecule has 1 aromatic heterocycles. The molecule has 1 heterocycles. The summed E-state index contributed by atoms with van der Waals surface area (Å²) in [6.07, 6.45) is 2.43. The molecule has 8 nitrogen and oxygen atoms in total. The van der Waals surface area contributed by atoms with Crippen LogP contribution in [0.25, 0.3) is 22.0 Å². The standard InChI is InChI=1S/C23H28N4O4S/c1-4-31-23(28)20-15-26-21-11-8-17(16-6-9-18(10-7-16)32(24,29)30)14-19(21)22(20)25-12-5-13-27(2)3/h6-11,14-15H,4-5,12-13H2,1-3H3,(H,25,26)(H2,24,29,30). The zero-order valence-electron chi connectivity index (χ0n) is 18.5. The highest BCUT2D eigenvalue weighted by Crippen LogP contribution is 2.31. The molecule has 0 saturated heterocycles. The average molecular weight is 457 g/mol. The van der Waals surface area contributed by atoms with Crippen molar-refractivity contribution in [3.05, 3.63) is 54.2 Å². The number of carbonyl (C=O) groups is 1. The number of nitrogens with two attached hydrogens (primary N) is 1. The van der Waals surface area contributed by atoms with Gasteiger partial charge in [0.15, 0.2) is 0 Å². The first kappa shape index (κ1) is 23.6. The summed E-state index contributed by atoms with van der Waals surface area (Å²) in [5.74, 6) is -0.431. The minimum absolute atomic E-state index is 0.0524.